The first-order chi connectivity index (χ1) is 12.3. The van der Waals surface area contributed by atoms with Crippen molar-refractivity contribution < 1.29 is 4.52 Å². The number of rotatable bonds is 5. The molecule has 1 aromatic carbocycles. The average molecular weight is 421 g/mol. The van der Waals surface area contributed by atoms with Crippen molar-refractivity contribution in [2.24, 2.45) is 5.92 Å². The molecule has 26 heavy (non-hydrogen) atoms. The van der Waals surface area contributed by atoms with Crippen molar-refractivity contribution in [3.8, 4) is 0 Å². The maximum Gasteiger partial charge on any atom is 0.324 e. The first-order valence-corrected chi connectivity index (χ1v) is 10.1. The molecule has 0 radical (unpaired) electrons. The van der Waals surface area contributed by atoms with Crippen molar-refractivity contribution in [3.05, 3.63) is 40.1 Å². The van der Waals surface area contributed by atoms with Crippen LogP contribution < -0.4 is 4.90 Å². The van der Waals surface area contributed by atoms with Crippen LogP contribution in [0.5, 0.6) is 0 Å². The number of aromatic nitrogens is 2. The first kappa shape index (κ1) is 19.4. The second-order valence-corrected chi connectivity index (χ2v) is 8.86. The van der Waals surface area contributed by atoms with Crippen molar-refractivity contribution in [3.63, 3.8) is 0 Å². The van der Waals surface area contributed by atoms with E-state index in [4.69, 9.17) is 9.51 Å². The molecule has 0 amide bonds. The van der Waals surface area contributed by atoms with Gasteiger partial charge < -0.3 is 14.3 Å². The van der Waals surface area contributed by atoms with Gasteiger partial charge in [0.1, 0.15) is 0 Å². The molecule has 1 unspecified atom stereocenters. The molecule has 1 saturated heterocycles. The van der Waals surface area contributed by atoms with E-state index in [1.807, 2.05) is 0 Å². The zero-order chi connectivity index (χ0) is 18.9. The minimum Gasteiger partial charge on any atom is -0.324 e. The molecule has 6 heteroatoms. The second-order valence-electron chi connectivity index (χ2n) is 7.95. The predicted octanol–water partition coefficient (Wildman–Crippen LogP) is 4.32. The van der Waals surface area contributed by atoms with Crippen LogP contribution in [0.1, 0.15) is 45.0 Å². The molecule has 0 aliphatic carbocycles. The van der Waals surface area contributed by atoms with Crippen molar-refractivity contribution in [2.75, 3.05) is 32.1 Å². The molecule has 1 aliphatic heterocycles. The van der Waals surface area contributed by atoms with Gasteiger partial charge in [0.25, 0.3) is 0 Å². The molecule has 0 N–H and O–H groups in total. The smallest absolute Gasteiger partial charge is 0.324 e. The normalized spacial score (nSPS) is 18.5. The highest BCUT2D eigenvalue weighted by atomic mass is 79.9. The molecule has 142 valence electrons. The van der Waals surface area contributed by atoms with E-state index < -0.39 is 0 Å². The lowest BCUT2D eigenvalue weighted by Gasteiger charge is -2.34. The zero-order valence-corrected chi connectivity index (χ0v) is 18.0. The van der Waals surface area contributed by atoms with Crippen LogP contribution in [0.15, 0.2) is 33.3 Å². The van der Waals surface area contributed by atoms with Gasteiger partial charge in [-0.1, -0.05) is 47.1 Å². The van der Waals surface area contributed by atoms with E-state index in [1.54, 1.807) is 0 Å². The Balaban J connectivity index is 1.84. The van der Waals surface area contributed by atoms with Gasteiger partial charge in [-0.15, -0.1) is 0 Å². The molecular weight excluding hydrogens is 392 g/mol. The lowest BCUT2D eigenvalue weighted by molar-refractivity contribution is 0.244. The summed E-state index contributed by atoms with van der Waals surface area (Å²) in [6, 6.07) is 9.72. The largest absolute Gasteiger partial charge is 0.324 e. The highest BCUT2D eigenvalue weighted by Crippen LogP contribution is 2.38. The van der Waals surface area contributed by atoms with E-state index in [1.165, 1.54) is 5.56 Å². The van der Waals surface area contributed by atoms with Crippen LogP contribution >= 0.6 is 15.9 Å². The fourth-order valence-electron chi connectivity index (χ4n) is 3.65. The highest BCUT2D eigenvalue weighted by molar-refractivity contribution is 9.10. The molecule has 1 fully saturated rings. The van der Waals surface area contributed by atoms with Gasteiger partial charge >= 0.3 is 6.01 Å². The Morgan fingerprint density at radius 1 is 1.19 bits per heavy atom. The Labute approximate surface area is 164 Å². The Morgan fingerprint density at radius 3 is 2.35 bits per heavy atom. The van der Waals surface area contributed by atoms with Crippen LogP contribution in [0.3, 0.4) is 0 Å². The number of halogens is 1. The van der Waals surface area contributed by atoms with Crippen molar-refractivity contribution in [1.29, 1.82) is 0 Å². The lowest BCUT2D eigenvalue weighted by Crippen LogP contribution is -2.42. The maximum atomic E-state index is 5.68. The Bertz CT molecular complexity index is 720. The van der Waals surface area contributed by atoms with E-state index in [0.29, 0.717) is 18.0 Å². The molecule has 2 heterocycles. The van der Waals surface area contributed by atoms with Gasteiger partial charge in [-0.2, -0.15) is 4.98 Å². The van der Waals surface area contributed by atoms with Gasteiger partial charge in [0.2, 0.25) is 0 Å². The number of benzene rings is 1. The molecule has 5 nitrogen and oxygen atoms in total. The third-order valence-electron chi connectivity index (χ3n) is 5.94. The fourth-order valence-corrected chi connectivity index (χ4v) is 3.91. The Hall–Kier alpha value is -1.40. The summed E-state index contributed by atoms with van der Waals surface area (Å²) in [6.07, 6.45) is 2.25. The second kappa shape index (κ2) is 7.69. The summed E-state index contributed by atoms with van der Waals surface area (Å²) in [5.41, 5.74) is 0.916. The summed E-state index contributed by atoms with van der Waals surface area (Å²) in [5.74, 6) is 1.10. The number of hydrogen-bond donors (Lipinski definition) is 0. The van der Waals surface area contributed by atoms with Gasteiger partial charge in [0.15, 0.2) is 5.82 Å². The van der Waals surface area contributed by atoms with Gasteiger partial charge in [-0.05, 0) is 57.5 Å². The number of nitrogens with zero attached hydrogens (tertiary/aromatic N) is 4. The van der Waals surface area contributed by atoms with Crippen molar-refractivity contribution >= 4 is 21.9 Å². The van der Waals surface area contributed by atoms with Crippen LogP contribution in [0.25, 0.3) is 0 Å². The molecule has 1 aliphatic rings. The predicted molar refractivity (Wildman–Crippen MR) is 109 cm³/mol. The summed E-state index contributed by atoms with van der Waals surface area (Å²) in [5, 5.41) is 4.39. The van der Waals surface area contributed by atoms with Crippen LogP contribution in [-0.2, 0) is 5.41 Å². The van der Waals surface area contributed by atoms with Gasteiger partial charge in [-0.25, -0.2) is 0 Å². The standard InChI is InChI=1S/C20H29BrN4O/c1-14(2)20(3,15-6-8-16(21)9-7-15)18-22-19(26-23-18)25-12-10-17(11-13-25)24(4)5/h6-9,14,17H,10-13H2,1-5H3. The Kier molecular flexibility index (Phi) is 5.72. The quantitative estimate of drug-likeness (QED) is 0.720. The highest BCUT2D eigenvalue weighted by Gasteiger charge is 2.38. The minimum atomic E-state index is -0.287. The van der Waals surface area contributed by atoms with E-state index in [0.717, 1.165) is 36.2 Å². The van der Waals surface area contributed by atoms with E-state index in [9.17, 15) is 0 Å². The molecule has 1 aromatic heterocycles. The molecule has 0 spiro atoms. The van der Waals surface area contributed by atoms with Crippen LogP contribution in [-0.4, -0.2) is 48.3 Å². The lowest BCUT2D eigenvalue weighted by atomic mass is 9.73. The van der Waals surface area contributed by atoms with Crippen LogP contribution in [0.4, 0.5) is 6.01 Å². The number of piperidine rings is 1. The van der Waals surface area contributed by atoms with E-state index >= 15 is 0 Å². The van der Waals surface area contributed by atoms with Crippen molar-refractivity contribution in [2.45, 2.75) is 45.1 Å². The summed E-state index contributed by atoms with van der Waals surface area (Å²) < 4.78 is 6.76. The molecule has 1 atom stereocenters. The molecule has 0 saturated carbocycles. The molecule has 0 bridgehead atoms. The SMILES string of the molecule is CC(C)C(C)(c1ccc(Br)cc1)c1noc(N2CCC(N(C)C)CC2)n1. The summed E-state index contributed by atoms with van der Waals surface area (Å²) in [4.78, 5) is 9.35. The maximum absolute atomic E-state index is 5.68. The first-order valence-electron chi connectivity index (χ1n) is 9.34. The van der Waals surface area contributed by atoms with Gasteiger partial charge in [-0.3, -0.25) is 0 Å². The number of hydrogen-bond acceptors (Lipinski definition) is 5. The van der Waals surface area contributed by atoms with Gasteiger partial charge in [0, 0.05) is 23.6 Å². The molecular formula is C20H29BrN4O. The monoisotopic (exact) mass is 420 g/mol. The third-order valence-corrected chi connectivity index (χ3v) is 6.47. The topological polar surface area (TPSA) is 45.4 Å². The third kappa shape index (κ3) is 3.67. The Morgan fingerprint density at radius 2 is 1.81 bits per heavy atom. The van der Waals surface area contributed by atoms with Crippen molar-refractivity contribution in [1.82, 2.24) is 15.0 Å². The average Bonchev–Trinajstić information content (AvgIpc) is 3.12. The van der Waals surface area contributed by atoms with Gasteiger partial charge in [0.05, 0.1) is 5.41 Å². The fraction of sp³-hybridized carbons (Fsp3) is 0.600. The summed E-state index contributed by atoms with van der Waals surface area (Å²) in [7, 11) is 4.30. The summed E-state index contributed by atoms with van der Waals surface area (Å²) >= 11 is 3.52. The van der Waals surface area contributed by atoms with E-state index in [-0.39, 0.29) is 5.41 Å². The van der Waals surface area contributed by atoms with Crippen LogP contribution in [0, 0.1) is 5.92 Å². The van der Waals surface area contributed by atoms with E-state index in [2.05, 4.69) is 90.0 Å². The molecule has 3 rings (SSSR count). The summed E-state index contributed by atoms with van der Waals surface area (Å²) in [6.45, 7) is 8.54. The molecule has 2 aromatic rings. The number of anilines is 1. The van der Waals surface area contributed by atoms with Crippen LogP contribution in [0.2, 0.25) is 0 Å². The zero-order valence-electron chi connectivity index (χ0n) is 16.4. The minimum absolute atomic E-state index is 0.287.